The molecule has 0 aliphatic rings. The summed E-state index contributed by atoms with van der Waals surface area (Å²) in [6.45, 7) is 7.00. The second kappa shape index (κ2) is 4.80. The quantitative estimate of drug-likeness (QED) is 0.837. The van der Waals surface area contributed by atoms with Crippen LogP contribution in [0.15, 0.2) is 6.20 Å². The van der Waals surface area contributed by atoms with Gasteiger partial charge >= 0.3 is 0 Å². The lowest BCUT2D eigenvalue weighted by molar-refractivity contribution is 0.378. The smallest absolute Gasteiger partial charge is 0.0814 e. The molecule has 0 fully saturated rings. The number of aromatic nitrogens is 2. The predicted molar refractivity (Wildman–Crippen MR) is 59.4 cm³/mol. The van der Waals surface area contributed by atoms with Gasteiger partial charge in [0.2, 0.25) is 0 Å². The van der Waals surface area contributed by atoms with Crippen LogP contribution in [-0.4, -0.2) is 15.8 Å². The van der Waals surface area contributed by atoms with E-state index in [2.05, 4.69) is 18.9 Å². The predicted octanol–water partition coefficient (Wildman–Crippen LogP) is 2.22. The Bertz CT molecular complexity index is 296. The molecule has 0 aromatic carbocycles. The van der Waals surface area contributed by atoms with E-state index >= 15 is 0 Å². The molecule has 0 bridgehead atoms. The van der Waals surface area contributed by atoms with E-state index in [4.69, 9.17) is 17.3 Å². The zero-order chi connectivity index (χ0) is 10.7. The molecule has 80 valence electrons. The Balaban J connectivity index is 2.64. The van der Waals surface area contributed by atoms with Gasteiger partial charge in [0.25, 0.3) is 0 Å². The summed E-state index contributed by atoms with van der Waals surface area (Å²) >= 11 is 5.90. The van der Waals surface area contributed by atoms with Gasteiger partial charge in [-0.25, -0.2) is 0 Å². The van der Waals surface area contributed by atoms with Gasteiger partial charge in [0.15, 0.2) is 0 Å². The number of hydrogen-bond acceptors (Lipinski definition) is 2. The van der Waals surface area contributed by atoms with Crippen molar-refractivity contribution < 1.29 is 0 Å². The van der Waals surface area contributed by atoms with Crippen LogP contribution >= 0.6 is 11.6 Å². The summed E-state index contributed by atoms with van der Waals surface area (Å²) in [5.74, 6) is 0.511. The zero-order valence-electron chi connectivity index (χ0n) is 9.00. The minimum atomic E-state index is 0.148. The monoisotopic (exact) mass is 215 g/mol. The molecule has 4 heteroatoms. The number of halogens is 1. The molecular formula is C10H18ClN3. The molecule has 0 spiro atoms. The largest absolute Gasteiger partial charge is 0.326 e. The van der Waals surface area contributed by atoms with Crippen LogP contribution in [-0.2, 0) is 6.54 Å². The molecule has 0 radical (unpaired) electrons. The molecule has 0 saturated heterocycles. The van der Waals surface area contributed by atoms with Gasteiger partial charge in [0.05, 0.1) is 23.5 Å². The molecule has 1 aromatic rings. The number of nitrogens with zero attached hydrogens (tertiary/aromatic N) is 2. The molecule has 0 aliphatic carbocycles. The molecule has 2 unspecified atom stereocenters. The summed E-state index contributed by atoms with van der Waals surface area (Å²) in [6.07, 6.45) is 2.76. The van der Waals surface area contributed by atoms with Crippen LogP contribution in [0.4, 0.5) is 0 Å². The molecule has 0 saturated carbocycles. The molecule has 2 atom stereocenters. The van der Waals surface area contributed by atoms with E-state index in [-0.39, 0.29) is 6.04 Å². The third-order valence-corrected chi connectivity index (χ3v) is 3.17. The van der Waals surface area contributed by atoms with Crippen LogP contribution in [0.5, 0.6) is 0 Å². The van der Waals surface area contributed by atoms with E-state index in [9.17, 15) is 0 Å². The van der Waals surface area contributed by atoms with Crippen molar-refractivity contribution in [3.05, 3.63) is 16.9 Å². The van der Waals surface area contributed by atoms with Gasteiger partial charge in [-0.05, 0) is 12.8 Å². The van der Waals surface area contributed by atoms with E-state index in [1.54, 1.807) is 6.20 Å². The lowest BCUT2D eigenvalue weighted by Crippen LogP contribution is -2.33. The van der Waals surface area contributed by atoms with Gasteiger partial charge in [-0.15, -0.1) is 0 Å². The first-order chi connectivity index (χ1) is 6.56. The summed E-state index contributed by atoms with van der Waals surface area (Å²) in [7, 11) is 0. The lowest BCUT2D eigenvalue weighted by Gasteiger charge is -2.18. The summed E-state index contributed by atoms with van der Waals surface area (Å²) in [4.78, 5) is 0. The van der Waals surface area contributed by atoms with E-state index in [0.29, 0.717) is 10.9 Å². The minimum absolute atomic E-state index is 0.148. The Morgan fingerprint density at radius 3 is 2.71 bits per heavy atom. The van der Waals surface area contributed by atoms with Crippen LogP contribution in [0.1, 0.15) is 26.0 Å². The molecule has 3 nitrogen and oxygen atoms in total. The summed E-state index contributed by atoms with van der Waals surface area (Å²) in [5.41, 5.74) is 7.03. The number of hydrogen-bond donors (Lipinski definition) is 1. The van der Waals surface area contributed by atoms with Crippen LogP contribution in [0.25, 0.3) is 0 Å². The average Bonchev–Trinajstić information content (AvgIpc) is 2.48. The Kier molecular flexibility index (Phi) is 3.96. The van der Waals surface area contributed by atoms with Crippen molar-refractivity contribution in [1.29, 1.82) is 0 Å². The lowest BCUT2D eigenvalue weighted by atomic mass is 10.0. The fraction of sp³-hybridized carbons (Fsp3) is 0.700. The Labute approximate surface area is 90.2 Å². The molecule has 1 heterocycles. The van der Waals surface area contributed by atoms with Crippen molar-refractivity contribution in [3.8, 4) is 0 Å². The standard InChI is InChI=1S/C10H18ClN3/c1-4-7(2)10(12)6-14-8(3)9(11)5-13-14/h5,7,10H,4,6,12H2,1-3H3. The Hall–Kier alpha value is -0.540. The second-order valence-electron chi connectivity index (χ2n) is 3.81. The molecule has 2 N–H and O–H groups in total. The first-order valence-electron chi connectivity index (χ1n) is 4.99. The van der Waals surface area contributed by atoms with Crippen molar-refractivity contribution in [1.82, 2.24) is 9.78 Å². The highest BCUT2D eigenvalue weighted by atomic mass is 35.5. The van der Waals surface area contributed by atoms with Gasteiger partial charge in [0, 0.05) is 6.04 Å². The zero-order valence-corrected chi connectivity index (χ0v) is 9.75. The minimum Gasteiger partial charge on any atom is -0.326 e. The van der Waals surface area contributed by atoms with Crippen LogP contribution < -0.4 is 5.73 Å². The maximum Gasteiger partial charge on any atom is 0.0814 e. The van der Waals surface area contributed by atoms with Gasteiger partial charge in [0.1, 0.15) is 0 Å². The fourth-order valence-electron chi connectivity index (χ4n) is 1.29. The summed E-state index contributed by atoms with van der Waals surface area (Å²) < 4.78 is 1.87. The Morgan fingerprint density at radius 1 is 1.64 bits per heavy atom. The third-order valence-electron chi connectivity index (χ3n) is 2.80. The molecule has 0 amide bonds. The van der Waals surface area contributed by atoms with Crippen LogP contribution in [0, 0.1) is 12.8 Å². The maximum atomic E-state index is 6.03. The van der Waals surface area contributed by atoms with E-state index in [1.165, 1.54) is 0 Å². The molecule has 14 heavy (non-hydrogen) atoms. The highest BCUT2D eigenvalue weighted by Crippen LogP contribution is 2.15. The second-order valence-corrected chi connectivity index (χ2v) is 4.22. The summed E-state index contributed by atoms with van der Waals surface area (Å²) in [6, 6.07) is 0.148. The highest BCUT2D eigenvalue weighted by Gasteiger charge is 2.13. The van der Waals surface area contributed by atoms with Crippen molar-refractivity contribution in [2.75, 3.05) is 0 Å². The van der Waals surface area contributed by atoms with Crippen LogP contribution in [0.3, 0.4) is 0 Å². The number of rotatable bonds is 4. The maximum absolute atomic E-state index is 6.03. The van der Waals surface area contributed by atoms with Gasteiger partial charge in [-0.3, -0.25) is 4.68 Å². The van der Waals surface area contributed by atoms with Crippen LogP contribution in [0.2, 0.25) is 5.02 Å². The first kappa shape index (κ1) is 11.5. The Morgan fingerprint density at radius 2 is 2.29 bits per heavy atom. The summed E-state index contributed by atoms with van der Waals surface area (Å²) in [5, 5.41) is 4.89. The fourth-order valence-corrected chi connectivity index (χ4v) is 1.43. The normalized spacial score (nSPS) is 15.5. The SMILES string of the molecule is CCC(C)C(N)Cn1ncc(Cl)c1C. The third kappa shape index (κ3) is 2.49. The van der Waals surface area contributed by atoms with Gasteiger partial charge in [-0.2, -0.15) is 5.10 Å². The molecule has 0 aliphatic heterocycles. The van der Waals surface area contributed by atoms with Crippen molar-refractivity contribution in [3.63, 3.8) is 0 Å². The van der Waals surface area contributed by atoms with E-state index in [1.807, 2.05) is 11.6 Å². The van der Waals surface area contributed by atoms with Crippen molar-refractivity contribution in [2.24, 2.45) is 11.7 Å². The van der Waals surface area contributed by atoms with E-state index < -0.39 is 0 Å². The molecule has 1 aromatic heterocycles. The van der Waals surface area contributed by atoms with Crippen molar-refractivity contribution >= 4 is 11.6 Å². The highest BCUT2D eigenvalue weighted by molar-refractivity contribution is 6.31. The van der Waals surface area contributed by atoms with Gasteiger partial charge in [-0.1, -0.05) is 31.9 Å². The molecule has 1 rings (SSSR count). The topological polar surface area (TPSA) is 43.8 Å². The average molecular weight is 216 g/mol. The first-order valence-corrected chi connectivity index (χ1v) is 5.37. The molecular weight excluding hydrogens is 198 g/mol. The van der Waals surface area contributed by atoms with Gasteiger partial charge < -0.3 is 5.73 Å². The number of nitrogens with two attached hydrogens (primary N) is 1. The van der Waals surface area contributed by atoms with E-state index in [0.717, 1.165) is 18.7 Å². The van der Waals surface area contributed by atoms with Crippen molar-refractivity contribution in [2.45, 2.75) is 39.8 Å².